The van der Waals surface area contributed by atoms with E-state index in [1.165, 1.54) is 128 Å². The molecule has 45 heavy (non-hydrogen) atoms. The Kier molecular flexibility index (Phi) is 34.1. The molecular weight excluding hydrogens is 598 g/mol. The van der Waals surface area contributed by atoms with Crippen LogP contribution in [-0.4, -0.2) is 41.2 Å². The van der Waals surface area contributed by atoms with E-state index in [1.807, 2.05) is 0 Å². The molecule has 0 heterocycles. The topological polar surface area (TPSA) is 55.4 Å². The Morgan fingerprint density at radius 1 is 0.622 bits per heavy atom. The number of unbranched alkanes of at least 4 members (excludes halogenated alkanes) is 20. The van der Waals surface area contributed by atoms with E-state index in [2.05, 4.69) is 44.5 Å². The summed E-state index contributed by atoms with van der Waals surface area (Å²) >= 11 is 6.44. The molecular formula is C39H76ClNO3S. The summed E-state index contributed by atoms with van der Waals surface area (Å²) in [7, 11) is -0.136. The molecule has 0 saturated heterocycles. The summed E-state index contributed by atoms with van der Waals surface area (Å²) in [6.45, 7) is 6.73. The van der Waals surface area contributed by atoms with E-state index in [4.69, 9.17) is 16.3 Å². The molecule has 0 saturated carbocycles. The van der Waals surface area contributed by atoms with E-state index in [0.717, 1.165) is 37.9 Å². The number of halogens is 1. The van der Waals surface area contributed by atoms with Crippen molar-refractivity contribution in [3.63, 3.8) is 0 Å². The quantitative estimate of drug-likeness (QED) is 0.0235. The lowest BCUT2D eigenvalue weighted by atomic mass is 10.1. The van der Waals surface area contributed by atoms with Crippen molar-refractivity contribution in [2.24, 2.45) is 0 Å². The minimum absolute atomic E-state index is 0.0337. The fourth-order valence-corrected chi connectivity index (χ4v) is 7.66. The van der Waals surface area contributed by atoms with Crippen LogP contribution >= 0.6 is 22.5 Å². The molecule has 268 valence electrons. The lowest BCUT2D eigenvalue weighted by Crippen LogP contribution is -2.43. The van der Waals surface area contributed by atoms with Gasteiger partial charge in [0.2, 0.25) is 5.91 Å². The molecule has 0 radical (unpaired) electrons. The van der Waals surface area contributed by atoms with Crippen molar-refractivity contribution in [2.45, 2.75) is 206 Å². The largest absolute Gasteiger partial charge is 0.444 e. The van der Waals surface area contributed by atoms with Crippen molar-refractivity contribution in [1.82, 2.24) is 5.32 Å². The molecule has 0 aromatic heterocycles. The average Bonchev–Trinajstić information content (AvgIpc) is 3.02. The van der Waals surface area contributed by atoms with Gasteiger partial charge in [-0.25, -0.2) is 4.79 Å². The van der Waals surface area contributed by atoms with Gasteiger partial charge in [0.1, 0.15) is 6.04 Å². The molecule has 0 aliphatic rings. The molecule has 3 atom stereocenters. The highest BCUT2D eigenvalue weighted by Crippen LogP contribution is 2.24. The summed E-state index contributed by atoms with van der Waals surface area (Å²) in [6, 6.07) is -0.587. The Hall–Kier alpha value is -0.680. The molecule has 0 aromatic rings. The third-order valence-electron chi connectivity index (χ3n) is 8.76. The monoisotopic (exact) mass is 674 g/mol. The smallest absolute Gasteiger partial charge is 0.330 e. The van der Waals surface area contributed by atoms with E-state index < -0.39 is 11.6 Å². The standard InChI is InChI=1S/C39H76ClNO3S/c1-5-8-11-13-15-17-18-19-20-21-22-24-26-28-30-32-38(42)41-36(33-35-45(4)34-10-7-3)39(43)44-37(40)31-29-27-25-23-16-14-12-9-6-2/h19-20,36-37,45H,5-18,21-35H2,1-4H3,(H,41,42)/b20-19-/t36-,37?/m1/s1. The van der Waals surface area contributed by atoms with E-state index >= 15 is 0 Å². The lowest BCUT2D eigenvalue weighted by molar-refractivity contribution is -0.150. The van der Waals surface area contributed by atoms with Gasteiger partial charge in [0.15, 0.2) is 5.56 Å². The number of amides is 1. The number of carbonyl (C=O) groups is 2. The van der Waals surface area contributed by atoms with Gasteiger partial charge < -0.3 is 10.1 Å². The number of rotatable bonds is 34. The molecule has 0 fully saturated rings. The number of esters is 1. The van der Waals surface area contributed by atoms with E-state index in [9.17, 15) is 9.59 Å². The maximum atomic E-state index is 13.1. The highest BCUT2D eigenvalue weighted by molar-refractivity contribution is 8.16. The number of alkyl halides is 1. The average molecular weight is 675 g/mol. The summed E-state index contributed by atoms with van der Waals surface area (Å²) in [5, 5.41) is 3.02. The summed E-state index contributed by atoms with van der Waals surface area (Å²) in [4.78, 5) is 25.9. The van der Waals surface area contributed by atoms with Crippen molar-refractivity contribution in [2.75, 3.05) is 17.8 Å². The number of hydrogen-bond acceptors (Lipinski definition) is 3. The Morgan fingerprint density at radius 2 is 1.09 bits per heavy atom. The van der Waals surface area contributed by atoms with Crippen LogP contribution in [0.2, 0.25) is 0 Å². The fourth-order valence-electron chi connectivity index (χ4n) is 5.64. The number of carbonyl (C=O) groups excluding carboxylic acids is 2. The van der Waals surface area contributed by atoms with Gasteiger partial charge in [-0.3, -0.25) is 15.7 Å². The first-order valence-corrected chi connectivity index (χ1v) is 22.0. The first kappa shape index (κ1) is 44.3. The minimum atomic E-state index is -0.616. The van der Waals surface area contributed by atoms with Gasteiger partial charge in [-0.2, -0.15) is 0 Å². The molecule has 6 heteroatoms. The zero-order chi connectivity index (χ0) is 33.2. The predicted molar refractivity (Wildman–Crippen MR) is 203 cm³/mol. The molecule has 0 aliphatic carbocycles. The van der Waals surface area contributed by atoms with Gasteiger partial charge in [0.05, 0.1) is 0 Å². The molecule has 0 rings (SSSR count). The van der Waals surface area contributed by atoms with Gasteiger partial charge in [0.25, 0.3) is 0 Å². The maximum Gasteiger partial charge on any atom is 0.330 e. The van der Waals surface area contributed by atoms with Crippen LogP contribution in [0, 0.1) is 0 Å². The minimum Gasteiger partial charge on any atom is -0.444 e. The first-order valence-electron chi connectivity index (χ1n) is 19.4. The number of nitrogens with one attached hydrogen (secondary N) is 1. The Labute approximate surface area is 288 Å². The van der Waals surface area contributed by atoms with Gasteiger partial charge >= 0.3 is 5.97 Å². The first-order chi connectivity index (χ1) is 21.9. The third-order valence-corrected chi connectivity index (χ3v) is 11.2. The van der Waals surface area contributed by atoms with Crippen LogP contribution in [0.5, 0.6) is 0 Å². The van der Waals surface area contributed by atoms with Gasteiger partial charge in [-0.05, 0) is 75.5 Å². The summed E-state index contributed by atoms with van der Waals surface area (Å²) in [5.41, 5.74) is -0.616. The second kappa shape index (κ2) is 34.6. The Bertz CT molecular complexity index is 689. The maximum absolute atomic E-state index is 13.1. The number of thiol groups is 1. The highest BCUT2D eigenvalue weighted by atomic mass is 35.5. The van der Waals surface area contributed by atoms with Crippen molar-refractivity contribution < 1.29 is 14.3 Å². The van der Waals surface area contributed by atoms with Crippen LogP contribution in [0.15, 0.2) is 12.2 Å². The molecule has 1 N–H and O–H groups in total. The second-order valence-electron chi connectivity index (χ2n) is 13.4. The molecule has 1 amide bonds. The van der Waals surface area contributed by atoms with Crippen LogP contribution in [0.4, 0.5) is 0 Å². The van der Waals surface area contributed by atoms with Gasteiger partial charge in [0, 0.05) is 6.42 Å². The van der Waals surface area contributed by atoms with Crippen LogP contribution in [0.25, 0.3) is 0 Å². The molecule has 4 nitrogen and oxygen atoms in total. The van der Waals surface area contributed by atoms with Gasteiger partial charge in [-0.1, -0.05) is 154 Å². The van der Waals surface area contributed by atoms with Crippen molar-refractivity contribution >= 4 is 34.4 Å². The fraction of sp³-hybridized carbons (Fsp3) is 0.897. The summed E-state index contributed by atoms with van der Waals surface area (Å²) < 4.78 is 5.64. The van der Waals surface area contributed by atoms with E-state index in [1.54, 1.807) is 0 Å². The van der Waals surface area contributed by atoms with Crippen molar-refractivity contribution in [3.8, 4) is 0 Å². The Morgan fingerprint density at radius 3 is 1.62 bits per heavy atom. The second-order valence-corrected chi connectivity index (χ2v) is 16.5. The number of hydrogen-bond donors (Lipinski definition) is 2. The van der Waals surface area contributed by atoms with Crippen molar-refractivity contribution in [1.29, 1.82) is 0 Å². The van der Waals surface area contributed by atoms with Crippen molar-refractivity contribution in [3.05, 3.63) is 12.2 Å². The van der Waals surface area contributed by atoms with Gasteiger partial charge in [-0.15, -0.1) is 0 Å². The Balaban J connectivity index is 4.27. The zero-order valence-electron chi connectivity index (χ0n) is 30.4. The molecule has 0 aromatic carbocycles. The van der Waals surface area contributed by atoms with E-state index in [-0.39, 0.29) is 22.8 Å². The molecule has 2 unspecified atom stereocenters. The van der Waals surface area contributed by atoms with Crippen LogP contribution < -0.4 is 5.32 Å². The molecule has 0 bridgehead atoms. The number of allylic oxidation sites excluding steroid dienone is 2. The lowest BCUT2D eigenvalue weighted by Gasteiger charge is -2.22. The zero-order valence-corrected chi connectivity index (χ0v) is 32.0. The van der Waals surface area contributed by atoms with Crippen LogP contribution in [-0.2, 0) is 14.3 Å². The van der Waals surface area contributed by atoms with Crippen LogP contribution in [0.1, 0.15) is 194 Å². The molecule has 0 spiro atoms. The highest BCUT2D eigenvalue weighted by Gasteiger charge is 2.24. The normalized spacial score (nSPS) is 14.0. The summed E-state index contributed by atoms with van der Waals surface area (Å²) in [5.74, 6) is 1.79. The SMILES string of the molecule is CCCCCCCC/C=C\CCCCCCCC(=O)N[C@H](CC[SH](C)CCCC)C(=O)OC(Cl)CCCCCCCCCCC. The third kappa shape index (κ3) is 31.7. The van der Waals surface area contributed by atoms with Crippen LogP contribution in [0.3, 0.4) is 0 Å². The summed E-state index contributed by atoms with van der Waals surface area (Å²) in [6.07, 6.45) is 38.5. The molecule has 0 aliphatic heterocycles. The van der Waals surface area contributed by atoms with E-state index in [0.29, 0.717) is 19.3 Å². The predicted octanol–water partition coefficient (Wildman–Crippen LogP) is 12.4. The number of ether oxygens (including phenoxy) is 1.